The molecular formula is C13H18ClN5O. The highest BCUT2D eigenvalue weighted by atomic mass is 35.5. The van der Waals surface area contributed by atoms with E-state index in [0.29, 0.717) is 5.88 Å². The number of halogens is 1. The zero-order valence-corrected chi connectivity index (χ0v) is 11.9. The van der Waals surface area contributed by atoms with Crippen LogP contribution in [0, 0.1) is 0 Å². The number of nitrogens with one attached hydrogen (secondary N) is 1. The highest BCUT2D eigenvalue weighted by Crippen LogP contribution is 2.26. The molecular weight excluding hydrogens is 278 g/mol. The Bertz CT molecular complexity index is 581. The number of fused-ring (bicyclic) bond motifs is 1. The van der Waals surface area contributed by atoms with E-state index in [4.69, 9.17) is 11.6 Å². The molecule has 2 N–H and O–H groups in total. The number of alkyl halides is 1. The number of imidazole rings is 1. The molecule has 7 heteroatoms. The van der Waals surface area contributed by atoms with Gasteiger partial charge in [-0.1, -0.05) is 0 Å². The van der Waals surface area contributed by atoms with Crippen molar-refractivity contribution in [3.63, 3.8) is 0 Å². The molecule has 2 aromatic heterocycles. The van der Waals surface area contributed by atoms with Gasteiger partial charge in [-0.25, -0.2) is 15.0 Å². The van der Waals surface area contributed by atoms with Crippen molar-refractivity contribution in [1.82, 2.24) is 19.5 Å². The fourth-order valence-corrected chi connectivity index (χ4v) is 2.61. The third kappa shape index (κ3) is 2.71. The van der Waals surface area contributed by atoms with Gasteiger partial charge in [-0.3, -0.25) is 0 Å². The summed E-state index contributed by atoms with van der Waals surface area (Å²) in [5.41, 5.74) is 1.64. The number of hydrogen-bond acceptors (Lipinski definition) is 5. The number of hydrogen-bond donors (Lipinski definition) is 2. The quantitative estimate of drug-likeness (QED) is 0.627. The average Bonchev–Trinajstić information content (AvgIpc) is 2.82. The number of nitrogens with zero attached hydrogens (tertiary/aromatic N) is 4. The van der Waals surface area contributed by atoms with Crippen molar-refractivity contribution in [1.29, 1.82) is 0 Å². The van der Waals surface area contributed by atoms with E-state index in [0.717, 1.165) is 49.2 Å². The van der Waals surface area contributed by atoms with Gasteiger partial charge in [0.15, 0.2) is 11.5 Å². The molecule has 0 radical (unpaired) electrons. The number of unbranched alkanes of at least 4 members (excludes halogenated alkanes) is 1. The summed E-state index contributed by atoms with van der Waals surface area (Å²) in [7, 11) is 0. The van der Waals surface area contributed by atoms with E-state index < -0.39 is 0 Å². The molecule has 20 heavy (non-hydrogen) atoms. The van der Waals surface area contributed by atoms with E-state index in [2.05, 4.69) is 20.3 Å². The van der Waals surface area contributed by atoms with E-state index >= 15 is 0 Å². The maximum atomic E-state index is 9.33. The predicted octanol–water partition coefficient (Wildman–Crippen LogP) is 1.78. The Balaban J connectivity index is 1.76. The first-order valence-corrected chi connectivity index (χ1v) is 7.48. The second-order valence-corrected chi connectivity index (χ2v) is 5.57. The Hall–Kier alpha value is -1.40. The Morgan fingerprint density at radius 1 is 1.30 bits per heavy atom. The lowest BCUT2D eigenvalue weighted by Crippen LogP contribution is -2.39. The van der Waals surface area contributed by atoms with Crippen LogP contribution in [0.1, 0.15) is 25.7 Å². The number of anilines is 1. The van der Waals surface area contributed by atoms with Crippen LogP contribution in [-0.4, -0.2) is 42.7 Å². The molecule has 0 bridgehead atoms. The van der Waals surface area contributed by atoms with Crippen molar-refractivity contribution in [2.75, 3.05) is 11.2 Å². The SMILES string of the molecule is OC1CC(Nc2ncnc3c2ncn3CCCCCl)C1. The van der Waals surface area contributed by atoms with Gasteiger partial charge < -0.3 is 15.0 Å². The van der Waals surface area contributed by atoms with Crippen LogP contribution in [0.15, 0.2) is 12.7 Å². The first-order chi connectivity index (χ1) is 9.78. The Kier molecular flexibility index (Phi) is 4.03. The molecule has 108 valence electrons. The highest BCUT2D eigenvalue weighted by molar-refractivity contribution is 6.17. The van der Waals surface area contributed by atoms with Crippen LogP contribution in [-0.2, 0) is 6.54 Å². The third-order valence-corrected chi connectivity index (χ3v) is 3.91. The molecule has 2 aromatic rings. The van der Waals surface area contributed by atoms with E-state index in [-0.39, 0.29) is 12.1 Å². The van der Waals surface area contributed by atoms with Crippen LogP contribution >= 0.6 is 11.6 Å². The first-order valence-electron chi connectivity index (χ1n) is 6.94. The summed E-state index contributed by atoms with van der Waals surface area (Å²) in [4.78, 5) is 13.0. The van der Waals surface area contributed by atoms with Gasteiger partial charge in [0.25, 0.3) is 0 Å². The van der Waals surface area contributed by atoms with Gasteiger partial charge in [-0.15, -0.1) is 11.6 Å². The minimum Gasteiger partial charge on any atom is -0.393 e. The number of aliphatic hydroxyl groups excluding tert-OH is 1. The number of rotatable bonds is 6. The van der Waals surface area contributed by atoms with Gasteiger partial charge in [0.05, 0.1) is 12.4 Å². The normalized spacial score (nSPS) is 21.9. The Morgan fingerprint density at radius 2 is 2.15 bits per heavy atom. The van der Waals surface area contributed by atoms with Crippen LogP contribution in [0.3, 0.4) is 0 Å². The lowest BCUT2D eigenvalue weighted by atomic mass is 9.89. The topological polar surface area (TPSA) is 75.9 Å². The number of aromatic nitrogens is 4. The van der Waals surface area contributed by atoms with Crippen LogP contribution in [0.25, 0.3) is 11.2 Å². The minimum atomic E-state index is -0.182. The second kappa shape index (κ2) is 5.93. The van der Waals surface area contributed by atoms with Gasteiger partial charge in [-0.2, -0.15) is 0 Å². The maximum Gasteiger partial charge on any atom is 0.165 e. The molecule has 1 aliphatic rings. The predicted molar refractivity (Wildman–Crippen MR) is 77.9 cm³/mol. The second-order valence-electron chi connectivity index (χ2n) is 5.20. The molecule has 1 aliphatic carbocycles. The summed E-state index contributed by atoms with van der Waals surface area (Å²) in [6.07, 6.45) is 6.70. The molecule has 0 amide bonds. The molecule has 0 spiro atoms. The standard InChI is InChI=1S/C13H18ClN5O/c14-3-1-2-4-19-8-17-11-12(15-7-16-13(11)19)18-9-5-10(20)6-9/h7-10,20H,1-6H2,(H,15,16,18). The minimum absolute atomic E-state index is 0.182. The summed E-state index contributed by atoms with van der Waals surface area (Å²) in [6.45, 7) is 0.863. The number of aryl methyl sites for hydroxylation is 1. The highest BCUT2D eigenvalue weighted by Gasteiger charge is 2.28. The van der Waals surface area contributed by atoms with Gasteiger partial charge in [0.1, 0.15) is 11.8 Å². The Morgan fingerprint density at radius 3 is 2.90 bits per heavy atom. The van der Waals surface area contributed by atoms with Crippen LogP contribution in [0.2, 0.25) is 0 Å². The van der Waals surface area contributed by atoms with Crippen molar-refractivity contribution in [3.05, 3.63) is 12.7 Å². The monoisotopic (exact) mass is 295 g/mol. The van der Waals surface area contributed by atoms with E-state index in [1.807, 2.05) is 4.57 Å². The molecule has 0 atom stereocenters. The Labute approximate surface area is 122 Å². The van der Waals surface area contributed by atoms with E-state index in [1.54, 1.807) is 12.7 Å². The summed E-state index contributed by atoms with van der Waals surface area (Å²) in [5, 5.41) is 12.7. The lowest BCUT2D eigenvalue weighted by Gasteiger charge is -2.32. The fraction of sp³-hybridized carbons (Fsp3) is 0.615. The molecule has 0 aliphatic heterocycles. The number of aliphatic hydroxyl groups is 1. The van der Waals surface area contributed by atoms with Gasteiger partial charge in [0.2, 0.25) is 0 Å². The molecule has 1 fully saturated rings. The molecule has 2 heterocycles. The summed E-state index contributed by atoms with van der Waals surface area (Å²) in [5.74, 6) is 1.43. The van der Waals surface area contributed by atoms with Crippen LogP contribution in [0.4, 0.5) is 5.82 Å². The van der Waals surface area contributed by atoms with Crippen molar-refractivity contribution in [2.45, 2.75) is 44.4 Å². The van der Waals surface area contributed by atoms with Gasteiger partial charge in [0, 0.05) is 18.5 Å². The summed E-state index contributed by atoms with van der Waals surface area (Å²) in [6, 6.07) is 0.282. The largest absolute Gasteiger partial charge is 0.393 e. The molecule has 0 unspecified atom stereocenters. The van der Waals surface area contributed by atoms with Gasteiger partial charge >= 0.3 is 0 Å². The zero-order valence-electron chi connectivity index (χ0n) is 11.2. The molecule has 3 rings (SSSR count). The summed E-state index contributed by atoms with van der Waals surface area (Å²) < 4.78 is 2.03. The molecule has 1 saturated carbocycles. The van der Waals surface area contributed by atoms with Crippen molar-refractivity contribution < 1.29 is 5.11 Å². The van der Waals surface area contributed by atoms with Gasteiger partial charge in [-0.05, 0) is 25.7 Å². The average molecular weight is 296 g/mol. The molecule has 0 aromatic carbocycles. The maximum absolute atomic E-state index is 9.33. The summed E-state index contributed by atoms with van der Waals surface area (Å²) >= 11 is 5.70. The van der Waals surface area contributed by atoms with Crippen molar-refractivity contribution in [3.8, 4) is 0 Å². The first kappa shape index (κ1) is 13.6. The zero-order chi connectivity index (χ0) is 13.9. The smallest absolute Gasteiger partial charge is 0.165 e. The third-order valence-electron chi connectivity index (χ3n) is 3.64. The van der Waals surface area contributed by atoms with Crippen LogP contribution in [0.5, 0.6) is 0 Å². The van der Waals surface area contributed by atoms with Crippen molar-refractivity contribution >= 4 is 28.6 Å². The molecule has 6 nitrogen and oxygen atoms in total. The van der Waals surface area contributed by atoms with E-state index in [1.165, 1.54) is 0 Å². The molecule has 0 saturated heterocycles. The van der Waals surface area contributed by atoms with Crippen LogP contribution < -0.4 is 5.32 Å². The fourth-order valence-electron chi connectivity index (χ4n) is 2.43. The lowest BCUT2D eigenvalue weighted by molar-refractivity contribution is 0.0836. The van der Waals surface area contributed by atoms with E-state index in [9.17, 15) is 5.11 Å². The van der Waals surface area contributed by atoms with Crippen molar-refractivity contribution in [2.24, 2.45) is 0 Å².